The summed E-state index contributed by atoms with van der Waals surface area (Å²) in [7, 11) is 0. The van der Waals surface area contributed by atoms with Gasteiger partial charge in [0, 0.05) is 18.4 Å². The molecule has 0 saturated carbocycles. The third-order valence-corrected chi connectivity index (χ3v) is 5.37. The molecule has 1 aliphatic rings. The van der Waals surface area contributed by atoms with E-state index in [4.69, 9.17) is 4.74 Å². The van der Waals surface area contributed by atoms with Crippen LogP contribution in [0.2, 0.25) is 0 Å². The Balaban J connectivity index is 1.88. The Morgan fingerprint density at radius 1 is 1.25 bits per heavy atom. The van der Waals surface area contributed by atoms with Gasteiger partial charge in [0.1, 0.15) is 6.10 Å². The Kier molecular flexibility index (Phi) is 4.18. The summed E-state index contributed by atoms with van der Waals surface area (Å²) in [5, 5.41) is 0. The lowest BCUT2D eigenvalue weighted by atomic mass is 10.2. The summed E-state index contributed by atoms with van der Waals surface area (Å²) in [6, 6.07) is 10.5. The first kappa shape index (κ1) is 11.9. The summed E-state index contributed by atoms with van der Waals surface area (Å²) in [6.07, 6.45) is 0.0764. The van der Waals surface area contributed by atoms with Crippen molar-refractivity contribution in [1.29, 1.82) is 0 Å². The molecule has 1 saturated heterocycles. The third kappa shape index (κ3) is 3.19. The van der Waals surface area contributed by atoms with Crippen molar-refractivity contribution >= 4 is 29.5 Å². The van der Waals surface area contributed by atoms with Crippen LogP contribution in [-0.4, -0.2) is 23.6 Å². The quantitative estimate of drug-likeness (QED) is 0.758. The van der Waals surface area contributed by atoms with E-state index in [0.717, 1.165) is 11.5 Å². The topological polar surface area (TPSA) is 26.3 Å². The maximum absolute atomic E-state index is 10.8. The van der Waals surface area contributed by atoms with E-state index in [2.05, 4.69) is 24.3 Å². The highest BCUT2D eigenvalue weighted by Gasteiger charge is 2.24. The van der Waals surface area contributed by atoms with Crippen LogP contribution in [0.1, 0.15) is 17.1 Å². The summed E-state index contributed by atoms with van der Waals surface area (Å²) < 4.78 is 5.67. The van der Waals surface area contributed by atoms with Crippen molar-refractivity contribution < 1.29 is 9.53 Å². The number of hydrogen-bond donors (Lipinski definition) is 0. The summed E-state index contributed by atoms with van der Waals surface area (Å²) in [5.74, 6) is 1.61. The molecule has 1 aliphatic heterocycles. The van der Waals surface area contributed by atoms with Gasteiger partial charge in [0.2, 0.25) is 0 Å². The van der Waals surface area contributed by atoms with Crippen molar-refractivity contribution in [1.82, 2.24) is 0 Å². The van der Waals surface area contributed by atoms with Crippen molar-refractivity contribution in [3.05, 3.63) is 35.9 Å². The monoisotopic (exact) mass is 254 g/mol. The molecule has 4 heteroatoms. The number of carbonyl (C=O) groups excluding carboxylic acids is 1. The summed E-state index contributed by atoms with van der Waals surface area (Å²) in [4.78, 5) is 10.8. The maximum Gasteiger partial charge on any atom is 0.302 e. The lowest BCUT2D eigenvalue weighted by molar-refractivity contribution is -0.144. The zero-order valence-corrected chi connectivity index (χ0v) is 10.7. The zero-order valence-electron chi connectivity index (χ0n) is 9.09. The van der Waals surface area contributed by atoms with Crippen LogP contribution in [-0.2, 0) is 9.53 Å². The summed E-state index contributed by atoms with van der Waals surface area (Å²) in [5.41, 5.74) is 1.35. The van der Waals surface area contributed by atoms with Crippen molar-refractivity contribution in [2.45, 2.75) is 17.6 Å². The van der Waals surface area contributed by atoms with Crippen LogP contribution in [0, 0.1) is 0 Å². The van der Waals surface area contributed by atoms with Gasteiger partial charge in [-0.05, 0) is 5.56 Å². The summed E-state index contributed by atoms with van der Waals surface area (Å²) in [6.45, 7) is 1.47. The number of thioether (sulfide) groups is 2. The molecule has 2 nitrogen and oxygen atoms in total. The minimum absolute atomic E-state index is 0.0764. The van der Waals surface area contributed by atoms with Crippen molar-refractivity contribution in [2.24, 2.45) is 0 Å². The van der Waals surface area contributed by atoms with E-state index in [1.54, 1.807) is 0 Å². The SMILES string of the molecule is CC(=O)OC1CSC(c2ccccc2)SC1. The molecular weight excluding hydrogens is 240 g/mol. The van der Waals surface area contributed by atoms with Gasteiger partial charge in [-0.1, -0.05) is 30.3 Å². The molecule has 1 fully saturated rings. The van der Waals surface area contributed by atoms with Gasteiger partial charge in [0.25, 0.3) is 0 Å². The lowest BCUT2D eigenvalue weighted by Gasteiger charge is -2.27. The second-order valence-electron chi connectivity index (χ2n) is 3.64. The summed E-state index contributed by atoms with van der Waals surface area (Å²) >= 11 is 3.70. The molecular formula is C12H14O2S2. The Hall–Kier alpha value is -0.610. The lowest BCUT2D eigenvalue weighted by Crippen LogP contribution is -2.25. The highest BCUT2D eigenvalue weighted by Crippen LogP contribution is 2.44. The van der Waals surface area contributed by atoms with Crippen LogP contribution >= 0.6 is 23.5 Å². The third-order valence-electron chi connectivity index (χ3n) is 2.27. The fraction of sp³-hybridized carbons (Fsp3) is 0.417. The molecule has 1 aromatic carbocycles. The van der Waals surface area contributed by atoms with Gasteiger partial charge < -0.3 is 4.74 Å². The maximum atomic E-state index is 10.8. The fourth-order valence-corrected chi connectivity index (χ4v) is 4.45. The molecule has 1 heterocycles. The number of benzene rings is 1. The Morgan fingerprint density at radius 3 is 2.44 bits per heavy atom. The Morgan fingerprint density at radius 2 is 1.88 bits per heavy atom. The van der Waals surface area contributed by atoms with E-state index in [0.29, 0.717) is 4.58 Å². The predicted octanol–water partition coefficient (Wildman–Crippen LogP) is 3.10. The number of rotatable bonds is 2. The Labute approximate surface area is 104 Å². The second kappa shape index (κ2) is 5.64. The second-order valence-corrected chi connectivity index (χ2v) is 6.22. The van der Waals surface area contributed by atoms with E-state index in [-0.39, 0.29) is 12.1 Å². The van der Waals surface area contributed by atoms with E-state index in [9.17, 15) is 4.79 Å². The average Bonchev–Trinajstić information content (AvgIpc) is 2.30. The van der Waals surface area contributed by atoms with Crippen LogP contribution in [0.4, 0.5) is 0 Å². The zero-order chi connectivity index (χ0) is 11.4. The predicted molar refractivity (Wildman–Crippen MR) is 69.7 cm³/mol. The fourth-order valence-electron chi connectivity index (χ4n) is 1.59. The van der Waals surface area contributed by atoms with Crippen LogP contribution in [0.3, 0.4) is 0 Å². The van der Waals surface area contributed by atoms with E-state index in [1.165, 1.54) is 12.5 Å². The minimum atomic E-state index is -0.177. The van der Waals surface area contributed by atoms with Crippen LogP contribution in [0.25, 0.3) is 0 Å². The van der Waals surface area contributed by atoms with Gasteiger partial charge in [-0.2, -0.15) is 0 Å². The van der Waals surface area contributed by atoms with E-state index >= 15 is 0 Å². The molecule has 0 bridgehead atoms. The largest absolute Gasteiger partial charge is 0.461 e. The molecule has 0 aromatic heterocycles. The molecule has 16 heavy (non-hydrogen) atoms. The van der Waals surface area contributed by atoms with E-state index < -0.39 is 0 Å². The van der Waals surface area contributed by atoms with Crippen molar-refractivity contribution in [3.63, 3.8) is 0 Å². The smallest absolute Gasteiger partial charge is 0.302 e. The van der Waals surface area contributed by atoms with Gasteiger partial charge in [0.05, 0.1) is 4.58 Å². The molecule has 1 aromatic rings. The normalized spacial score (nSPS) is 25.1. The first-order valence-electron chi connectivity index (χ1n) is 5.21. The van der Waals surface area contributed by atoms with Crippen LogP contribution in [0.5, 0.6) is 0 Å². The minimum Gasteiger partial charge on any atom is -0.461 e. The number of esters is 1. The highest BCUT2D eigenvalue weighted by molar-refractivity contribution is 8.17. The molecule has 0 N–H and O–H groups in total. The number of carbonyl (C=O) groups is 1. The molecule has 0 unspecified atom stereocenters. The highest BCUT2D eigenvalue weighted by atomic mass is 32.2. The van der Waals surface area contributed by atoms with Crippen molar-refractivity contribution in [3.8, 4) is 0 Å². The average molecular weight is 254 g/mol. The molecule has 0 amide bonds. The van der Waals surface area contributed by atoms with Gasteiger partial charge in [-0.15, -0.1) is 23.5 Å². The van der Waals surface area contributed by atoms with Gasteiger partial charge >= 0.3 is 5.97 Å². The standard InChI is InChI=1S/C12H14O2S2/c1-9(13)14-11-7-15-12(16-8-11)10-5-3-2-4-6-10/h2-6,11-12H,7-8H2,1H3. The van der Waals surface area contributed by atoms with Crippen molar-refractivity contribution in [2.75, 3.05) is 11.5 Å². The van der Waals surface area contributed by atoms with Crippen LogP contribution in [0.15, 0.2) is 30.3 Å². The van der Waals surface area contributed by atoms with Gasteiger partial charge in [-0.25, -0.2) is 0 Å². The molecule has 0 aliphatic carbocycles. The number of hydrogen-bond acceptors (Lipinski definition) is 4. The molecule has 2 rings (SSSR count). The van der Waals surface area contributed by atoms with Crippen LogP contribution < -0.4 is 0 Å². The first-order chi connectivity index (χ1) is 7.75. The van der Waals surface area contributed by atoms with Gasteiger partial charge in [-0.3, -0.25) is 4.79 Å². The Bertz CT molecular complexity index is 345. The molecule has 0 spiro atoms. The van der Waals surface area contributed by atoms with E-state index in [1.807, 2.05) is 29.6 Å². The number of ether oxygens (including phenoxy) is 1. The molecule has 0 atom stereocenters. The first-order valence-corrected chi connectivity index (χ1v) is 7.31. The molecule has 0 radical (unpaired) electrons. The molecule has 86 valence electrons. The van der Waals surface area contributed by atoms with Gasteiger partial charge in [0.15, 0.2) is 0 Å².